The molecule has 1 saturated heterocycles. The molecule has 1 fully saturated rings. The monoisotopic (exact) mass is 282 g/mol. The van der Waals surface area contributed by atoms with Gasteiger partial charge in [-0.15, -0.1) is 0 Å². The molecule has 0 unspecified atom stereocenters. The van der Waals surface area contributed by atoms with E-state index < -0.39 is 0 Å². The van der Waals surface area contributed by atoms with Crippen molar-refractivity contribution in [1.82, 2.24) is 9.80 Å². The van der Waals surface area contributed by atoms with Gasteiger partial charge in [0.25, 0.3) is 0 Å². The summed E-state index contributed by atoms with van der Waals surface area (Å²) in [5.41, 5.74) is 1.12. The molecule has 21 heavy (non-hydrogen) atoms. The number of hydrogen-bond acceptors (Lipinski definition) is 3. The first-order chi connectivity index (χ1) is 10.2. The van der Waals surface area contributed by atoms with Crippen molar-refractivity contribution in [1.29, 1.82) is 0 Å². The largest absolute Gasteiger partial charge is 0.304 e. The van der Waals surface area contributed by atoms with E-state index in [1.54, 1.807) is 0 Å². The van der Waals surface area contributed by atoms with Crippen LogP contribution in [-0.2, 0) is 11.2 Å². The molecule has 0 bridgehead atoms. The first-order valence-corrected chi connectivity index (χ1v) is 7.61. The van der Waals surface area contributed by atoms with E-state index in [9.17, 15) is 4.79 Å². The second kappa shape index (κ2) is 6.37. The lowest BCUT2D eigenvalue weighted by atomic mass is 10.0. The quantitative estimate of drug-likeness (QED) is 0.859. The van der Waals surface area contributed by atoms with Crippen molar-refractivity contribution in [3.63, 3.8) is 0 Å². The minimum absolute atomic E-state index is 0.315. The molecule has 0 aliphatic carbocycles. The van der Waals surface area contributed by atoms with Gasteiger partial charge in [-0.3, -0.25) is 9.69 Å². The number of rotatable bonds is 4. The van der Waals surface area contributed by atoms with Crippen molar-refractivity contribution >= 4 is 16.6 Å². The number of benzene rings is 2. The van der Waals surface area contributed by atoms with Gasteiger partial charge in [-0.05, 0) is 23.4 Å². The second-order valence-corrected chi connectivity index (χ2v) is 5.98. The van der Waals surface area contributed by atoms with Gasteiger partial charge in [0.2, 0.25) is 0 Å². The van der Waals surface area contributed by atoms with Gasteiger partial charge < -0.3 is 4.90 Å². The summed E-state index contributed by atoms with van der Waals surface area (Å²) >= 11 is 0. The number of hydrogen-bond donors (Lipinski definition) is 0. The van der Waals surface area contributed by atoms with Crippen LogP contribution < -0.4 is 0 Å². The molecule has 0 aromatic heterocycles. The van der Waals surface area contributed by atoms with Crippen molar-refractivity contribution in [3.05, 3.63) is 48.0 Å². The Bertz CT molecular complexity index is 630. The van der Waals surface area contributed by atoms with Crippen LogP contribution in [0.25, 0.3) is 10.8 Å². The summed E-state index contributed by atoms with van der Waals surface area (Å²) in [6, 6.07) is 14.6. The van der Waals surface area contributed by atoms with Crippen LogP contribution in [0.3, 0.4) is 0 Å². The van der Waals surface area contributed by atoms with Gasteiger partial charge >= 0.3 is 0 Å². The fraction of sp³-hybridized carbons (Fsp3) is 0.389. The zero-order chi connectivity index (χ0) is 14.7. The van der Waals surface area contributed by atoms with E-state index in [2.05, 4.69) is 47.2 Å². The van der Waals surface area contributed by atoms with Crippen LogP contribution in [0.5, 0.6) is 0 Å². The number of nitrogens with zero attached hydrogens (tertiary/aromatic N) is 2. The second-order valence-electron chi connectivity index (χ2n) is 5.98. The van der Waals surface area contributed by atoms with Gasteiger partial charge in [-0.2, -0.15) is 0 Å². The van der Waals surface area contributed by atoms with Crippen LogP contribution >= 0.6 is 0 Å². The first kappa shape index (κ1) is 14.2. The zero-order valence-corrected chi connectivity index (χ0v) is 12.6. The van der Waals surface area contributed by atoms with Crippen molar-refractivity contribution in [3.8, 4) is 0 Å². The molecule has 1 aliphatic rings. The van der Waals surface area contributed by atoms with Crippen LogP contribution in [0.1, 0.15) is 5.56 Å². The molecular weight excluding hydrogens is 260 g/mol. The third-order valence-corrected chi connectivity index (χ3v) is 4.21. The summed E-state index contributed by atoms with van der Waals surface area (Å²) in [7, 11) is 2.13. The molecule has 1 aliphatic heterocycles. The van der Waals surface area contributed by atoms with E-state index >= 15 is 0 Å². The van der Waals surface area contributed by atoms with Crippen molar-refractivity contribution < 1.29 is 4.79 Å². The first-order valence-electron chi connectivity index (χ1n) is 7.61. The Labute approximate surface area is 126 Å². The molecule has 0 saturated carbocycles. The Kier molecular flexibility index (Phi) is 4.32. The number of ketones is 1. The lowest BCUT2D eigenvalue weighted by Gasteiger charge is -2.31. The number of carbonyl (C=O) groups is 1. The maximum Gasteiger partial charge on any atom is 0.151 e. The maximum absolute atomic E-state index is 12.2. The molecule has 2 aromatic rings. The highest BCUT2D eigenvalue weighted by atomic mass is 16.1. The summed E-state index contributed by atoms with van der Waals surface area (Å²) in [4.78, 5) is 16.8. The van der Waals surface area contributed by atoms with Crippen molar-refractivity contribution in [2.45, 2.75) is 6.42 Å². The third kappa shape index (κ3) is 3.69. The fourth-order valence-electron chi connectivity index (χ4n) is 2.89. The summed E-state index contributed by atoms with van der Waals surface area (Å²) in [5.74, 6) is 0.315. The predicted octanol–water partition coefficient (Wildman–Crippen LogP) is 2.20. The van der Waals surface area contributed by atoms with Crippen molar-refractivity contribution in [2.75, 3.05) is 39.8 Å². The summed E-state index contributed by atoms with van der Waals surface area (Å²) in [6.45, 7) is 4.70. The van der Waals surface area contributed by atoms with Crippen LogP contribution in [-0.4, -0.2) is 55.4 Å². The standard InChI is InChI=1S/C18H22N2O/c1-19-8-10-20(11-9-19)14-18(21)13-15-6-7-16-4-2-3-5-17(16)12-15/h2-7,12H,8-11,13-14H2,1H3. The van der Waals surface area contributed by atoms with Gasteiger partial charge in [-0.25, -0.2) is 0 Å². The molecule has 0 N–H and O–H groups in total. The lowest BCUT2D eigenvalue weighted by molar-refractivity contribution is -0.119. The fourth-order valence-corrected chi connectivity index (χ4v) is 2.89. The van der Waals surface area contributed by atoms with E-state index in [0.29, 0.717) is 18.7 Å². The summed E-state index contributed by atoms with van der Waals surface area (Å²) < 4.78 is 0. The Morgan fingerprint density at radius 3 is 2.48 bits per heavy atom. The Morgan fingerprint density at radius 1 is 1.00 bits per heavy atom. The van der Waals surface area contributed by atoms with Gasteiger partial charge in [0.05, 0.1) is 6.54 Å². The summed E-state index contributed by atoms with van der Waals surface area (Å²) in [6.07, 6.45) is 0.539. The minimum Gasteiger partial charge on any atom is -0.304 e. The molecule has 3 nitrogen and oxygen atoms in total. The van der Waals surface area contributed by atoms with Gasteiger partial charge in [-0.1, -0.05) is 42.5 Å². The number of piperazine rings is 1. The smallest absolute Gasteiger partial charge is 0.151 e. The normalized spacial score (nSPS) is 17.2. The highest BCUT2D eigenvalue weighted by molar-refractivity contribution is 5.86. The van der Waals surface area contributed by atoms with Gasteiger partial charge in [0.15, 0.2) is 5.78 Å². The molecule has 0 radical (unpaired) electrons. The molecule has 0 amide bonds. The molecule has 1 heterocycles. The van der Waals surface area contributed by atoms with E-state index in [1.807, 2.05) is 12.1 Å². The Hall–Kier alpha value is -1.71. The molecule has 110 valence electrons. The van der Waals surface area contributed by atoms with E-state index in [1.165, 1.54) is 10.8 Å². The molecule has 2 aromatic carbocycles. The zero-order valence-electron chi connectivity index (χ0n) is 12.6. The third-order valence-electron chi connectivity index (χ3n) is 4.21. The van der Waals surface area contributed by atoms with Crippen LogP contribution in [0.4, 0.5) is 0 Å². The van der Waals surface area contributed by atoms with E-state index in [4.69, 9.17) is 0 Å². The number of carbonyl (C=O) groups excluding carboxylic acids is 1. The summed E-state index contributed by atoms with van der Waals surface area (Å²) in [5, 5.41) is 2.44. The number of Topliss-reactive ketones (excluding diaryl/α,β-unsaturated/α-hetero) is 1. The van der Waals surface area contributed by atoms with E-state index in [0.717, 1.165) is 31.7 Å². The van der Waals surface area contributed by atoms with Crippen LogP contribution in [0.15, 0.2) is 42.5 Å². The van der Waals surface area contributed by atoms with Gasteiger partial charge in [0.1, 0.15) is 0 Å². The average molecular weight is 282 g/mol. The topological polar surface area (TPSA) is 23.6 Å². The molecule has 3 rings (SSSR count). The number of fused-ring (bicyclic) bond motifs is 1. The maximum atomic E-state index is 12.2. The average Bonchev–Trinajstić information content (AvgIpc) is 2.49. The SMILES string of the molecule is CN1CCN(CC(=O)Cc2ccc3ccccc3c2)CC1. The van der Waals surface area contributed by atoms with E-state index in [-0.39, 0.29) is 0 Å². The highest BCUT2D eigenvalue weighted by Crippen LogP contribution is 2.16. The lowest BCUT2D eigenvalue weighted by Crippen LogP contribution is -2.46. The molecule has 0 spiro atoms. The molecule has 0 atom stereocenters. The van der Waals surface area contributed by atoms with Crippen molar-refractivity contribution in [2.24, 2.45) is 0 Å². The minimum atomic E-state index is 0.315. The highest BCUT2D eigenvalue weighted by Gasteiger charge is 2.16. The number of likely N-dealkylation sites (N-methyl/N-ethyl adjacent to an activating group) is 1. The van der Waals surface area contributed by atoms with Crippen LogP contribution in [0, 0.1) is 0 Å². The molecular formula is C18H22N2O. The van der Waals surface area contributed by atoms with Gasteiger partial charge in [0, 0.05) is 32.6 Å². The Balaban J connectivity index is 1.60. The predicted molar refractivity (Wildman–Crippen MR) is 86.6 cm³/mol. The Morgan fingerprint density at radius 2 is 1.71 bits per heavy atom. The molecule has 3 heteroatoms. The van der Waals surface area contributed by atoms with Crippen LogP contribution in [0.2, 0.25) is 0 Å².